The van der Waals surface area contributed by atoms with E-state index in [0.29, 0.717) is 24.5 Å². The molecule has 3 aromatic rings. The van der Waals surface area contributed by atoms with Gasteiger partial charge in [-0.3, -0.25) is 0 Å². The van der Waals surface area contributed by atoms with E-state index in [4.69, 9.17) is 24.1 Å². The van der Waals surface area contributed by atoms with E-state index >= 15 is 0 Å². The minimum atomic E-state index is 0.243. The summed E-state index contributed by atoms with van der Waals surface area (Å²) in [5.41, 5.74) is 2.06. The molecule has 2 fully saturated rings. The summed E-state index contributed by atoms with van der Waals surface area (Å²) < 4.78 is 15.7. The van der Waals surface area contributed by atoms with E-state index in [2.05, 4.69) is 44.1 Å². The molecule has 10 heteroatoms. The lowest BCUT2D eigenvalue weighted by Gasteiger charge is -2.42. The zero-order valence-electron chi connectivity index (χ0n) is 17.2. The molecular weight excluding hydrogens is 386 g/mol. The van der Waals surface area contributed by atoms with Crippen molar-refractivity contribution in [1.82, 2.24) is 20.3 Å². The van der Waals surface area contributed by atoms with Gasteiger partial charge < -0.3 is 24.2 Å². The molecule has 0 saturated carbocycles. The van der Waals surface area contributed by atoms with Crippen LogP contribution in [0.4, 0.5) is 17.3 Å². The third-order valence-electron chi connectivity index (χ3n) is 5.73. The van der Waals surface area contributed by atoms with E-state index < -0.39 is 0 Å². The van der Waals surface area contributed by atoms with Gasteiger partial charge in [-0.1, -0.05) is 0 Å². The molecule has 0 amide bonds. The molecule has 0 unspecified atom stereocenters. The molecule has 0 N–H and O–H groups in total. The molecule has 158 valence electrons. The van der Waals surface area contributed by atoms with Gasteiger partial charge in [-0.15, -0.1) is 0 Å². The highest BCUT2D eigenvalue weighted by atomic mass is 16.6. The van der Waals surface area contributed by atoms with E-state index in [-0.39, 0.29) is 6.04 Å². The van der Waals surface area contributed by atoms with E-state index in [1.807, 2.05) is 12.1 Å². The Morgan fingerprint density at radius 3 is 2.27 bits per heavy atom. The van der Waals surface area contributed by atoms with Crippen molar-refractivity contribution in [1.29, 1.82) is 0 Å². The number of fused-ring (bicyclic) bond motifs is 1. The molecule has 30 heavy (non-hydrogen) atoms. The van der Waals surface area contributed by atoms with Gasteiger partial charge in [0.05, 0.1) is 20.3 Å². The third-order valence-corrected chi connectivity index (χ3v) is 5.73. The van der Waals surface area contributed by atoms with Crippen LogP contribution in [-0.2, 0) is 4.74 Å². The monoisotopic (exact) mass is 411 g/mol. The van der Waals surface area contributed by atoms with Gasteiger partial charge in [-0.05, 0) is 41.5 Å². The summed E-state index contributed by atoms with van der Waals surface area (Å²) in [6.45, 7) is 7.72. The average molecular weight is 411 g/mol. The zero-order valence-corrected chi connectivity index (χ0v) is 17.2. The van der Waals surface area contributed by atoms with Crippen LogP contribution in [0.3, 0.4) is 0 Å². The third kappa shape index (κ3) is 3.47. The Bertz CT molecular complexity index is 1000. The molecule has 1 aromatic carbocycles. The predicted molar refractivity (Wildman–Crippen MR) is 112 cm³/mol. The summed E-state index contributed by atoms with van der Waals surface area (Å²) in [5, 5.41) is 7.80. The van der Waals surface area contributed by atoms with Gasteiger partial charge in [0.1, 0.15) is 5.75 Å². The van der Waals surface area contributed by atoms with E-state index in [0.717, 1.165) is 50.1 Å². The van der Waals surface area contributed by atoms with Gasteiger partial charge in [-0.25, -0.2) is 14.6 Å². The van der Waals surface area contributed by atoms with Gasteiger partial charge in [0, 0.05) is 44.5 Å². The zero-order chi connectivity index (χ0) is 20.5. The van der Waals surface area contributed by atoms with Crippen LogP contribution < -0.4 is 19.4 Å². The first kappa shape index (κ1) is 18.9. The molecule has 2 saturated heterocycles. The van der Waals surface area contributed by atoms with Crippen molar-refractivity contribution in [2.75, 3.05) is 67.7 Å². The minimum Gasteiger partial charge on any atom is -0.497 e. The largest absolute Gasteiger partial charge is 0.497 e. The minimum absolute atomic E-state index is 0.243. The normalized spacial score (nSPS) is 20.1. The fourth-order valence-electron chi connectivity index (χ4n) is 4.10. The SMILES string of the molecule is COc1ccc(N2CCN(c3nc4nonc4nc3N3CCOCC3)[C@@H](C)C2)cc1. The van der Waals surface area contributed by atoms with Crippen LogP contribution in [0, 0.1) is 0 Å². The second-order valence-electron chi connectivity index (χ2n) is 7.57. The first-order chi connectivity index (χ1) is 14.7. The highest BCUT2D eigenvalue weighted by Crippen LogP contribution is 2.31. The Labute approximate surface area is 174 Å². The Balaban J connectivity index is 1.42. The molecular formula is C20H25N7O3. The Morgan fingerprint density at radius 2 is 1.60 bits per heavy atom. The molecule has 1 atom stereocenters. The lowest BCUT2D eigenvalue weighted by atomic mass is 10.1. The lowest BCUT2D eigenvalue weighted by molar-refractivity contribution is 0.122. The molecule has 4 heterocycles. The molecule has 5 rings (SSSR count). The van der Waals surface area contributed by atoms with Crippen molar-refractivity contribution < 1.29 is 14.1 Å². The number of benzene rings is 1. The fourth-order valence-corrected chi connectivity index (χ4v) is 4.10. The highest BCUT2D eigenvalue weighted by molar-refractivity contribution is 5.75. The van der Waals surface area contributed by atoms with Gasteiger partial charge in [-0.2, -0.15) is 0 Å². The highest BCUT2D eigenvalue weighted by Gasteiger charge is 2.30. The van der Waals surface area contributed by atoms with Crippen LogP contribution in [0.5, 0.6) is 5.75 Å². The summed E-state index contributed by atoms with van der Waals surface area (Å²) in [6, 6.07) is 8.45. The topological polar surface area (TPSA) is 92.9 Å². The number of anilines is 3. The molecule has 2 aromatic heterocycles. The Morgan fingerprint density at radius 1 is 0.900 bits per heavy atom. The van der Waals surface area contributed by atoms with Gasteiger partial charge in [0.25, 0.3) is 0 Å². The molecule has 2 aliphatic heterocycles. The summed E-state index contributed by atoms with van der Waals surface area (Å²) in [4.78, 5) is 16.4. The Hall–Kier alpha value is -3.14. The van der Waals surface area contributed by atoms with Crippen molar-refractivity contribution in [3.05, 3.63) is 24.3 Å². The van der Waals surface area contributed by atoms with Crippen molar-refractivity contribution in [2.24, 2.45) is 0 Å². The van der Waals surface area contributed by atoms with Crippen molar-refractivity contribution >= 4 is 28.6 Å². The molecule has 0 radical (unpaired) electrons. The van der Waals surface area contributed by atoms with Gasteiger partial charge in [0.15, 0.2) is 11.6 Å². The Kier molecular flexibility index (Phi) is 4.99. The van der Waals surface area contributed by atoms with Crippen LogP contribution in [0.25, 0.3) is 11.3 Å². The summed E-state index contributed by atoms with van der Waals surface area (Å²) >= 11 is 0. The second-order valence-corrected chi connectivity index (χ2v) is 7.57. The number of nitrogens with zero attached hydrogens (tertiary/aromatic N) is 7. The van der Waals surface area contributed by atoms with Crippen LogP contribution in [-0.4, -0.2) is 79.4 Å². The average Bonchev–Trinajstić information content (AvgIpc) is 3.26. The van der Waals surface area contributed by atoms with Crippen LogP contribution >= 0.6 is 0 Å². The van der Waals surface area contributed by atoms with E-state index in [1.54, 1.807) is 7.11 Å². The van der Waals surface area contributed by atoms with Crippen LogP contribution in [0.15, 0.2) is 28.9 Å². The van der Waals surface area contributed by atoms with Crippen molar-refractivity contribution in [3.63, 3.8) is 0 Å². The first-order valence-corrected chi connectivity index (χ1v) is 10.2. The quantitative estimate of drug-likeness (QED) is 0.630. The summed E-state index contributed by atoms with van der Waals surface area (Å²) in [6.07, 6.45) is 0. The van der Waals surface area contributed by atoms with E-state index in [1.165, 1.54) is 5.69 Å². The number of morpholine rings is 1. The van der Waals surface area contributed by atoms with Gasteiger partial charge in [0.2, 0.25) is 11.3 Å². The lowest BCUT2D eigenvalue weighted by Crippen LogP contribution is -2.53. The van der Waals surface area contributed by atoms with Crippen LogP contribution in [0.2, 0.25) is 0 Å². The smallest absolute Gasteiger partial charge is 0.245 e. The fraction of sp³-hybridized carbons (Fsp3) is 0.500. The van der Waals surface area contributed by atoms with Gasteiger partial charge >= 0.3 is 0 Å². The molecule has 0 bridgehead atoms. The molecule has 0 spiro atoms. The summed E-state index contributed by atoms with van der Waals surface area (Å²) in [5.74, 6) is 2.53. The number of piperazine rings is 1. The number of methoxy groups -OCH3 is 1. The maximum atomic E-state index is 5.51. The predicted octanol–water partition coefficient (Wildman–Crippen LogP) is 1.57. The summed E-state index contributed by atoms with van der Waals surface area (Å²) in [7, 11) is 1.68. The molecule has 0 aliphatic carbocycles. The number of hydrogen-bond donors (Lipinski definition) is 0. The molecule has 10 nitrogen and oxygen atoms in total. The van der Waals surface area contributed by atoms with Crippen molar-refractivity contribution in [3.8, 4) is 5.75 Å². The molecule has 2 aliphatic rings. The maximum absolute atomic E-state index is 5.51. The van der Waals surface area contributed by atoms with Crippen molar-refractivity contribution in [2.45, 2.75) is 13.0 Å². The first-order valence-electron chi connectivity index (χ1n) is 10.2. The maximum Gasteiger partial charge on any atom is 0.245 e. The second kappa shape index (κ2) is 7.94. The number of aromatic nitrogens is 4. The standard InChI is InChI=1S/C20H25N7O3/c1-14-13-26(15-3-5-16(28-2)6-4-15)7-8-27(14)20-19(25-9-11-29-12-10-25)21-17-18(22-20)24-30-23-17/h3-6,14H,7-13H2,1-2H3/t14-/m0/s1. The van der Waals surface area contributed by atoms with E-state index in [9.17, 15) is 0 Å². The number of rotatable bonds is 4. The van der Waals surface area contributed by atoms with Crippen LogP contribution in [0.1, 0.15) is 6.92 Å². The number of ether oxygens (including phenoxy) is 2. The number of hydrogen-bond acceptors (Lipinski definition) is 10.